The molecule has 0 unspecified atom stereocenters. The van der Waals surface area contributed by atoms with Gasteiger partial charge in [0.1, 0.15) is 6.04 Å². The largest absolute Gasteiger partial charge is 0.480 e. The van der Waals surface area contributed by atoms with Gasteiger partial charge in [0.05, 0.1) is 0 Å². The Hall–Kier alpha value is -1.84. The van der Waals surface area contributed by atoms with Crippen LogP contribution in [-0.2, 0) is 4.79 Å². The van der Waals surface area contributed by atoms with Gasteiger partial charge in [-0.15, -0.1) is 0 Å². The molecule has 1 aliphatic heterocycles. The van der Waals surface area contributed by atoms with E-state index in [-0.39, 0.29) is 5.91 Å². The van der Waals surface area contributed by atoms with E-state index >= 15 is 0 Å². The third-order valence-corrected chi connectivity index (χ3v) is 3.03. The smallest absolute Gasteiger partial charge is 0.326 e. The molecule has 4 heteroatoms. The summed E-state index contributed by atoms with van der Waals surface area (Å²) in [5.41, 5.74) is 2.61. The summed E-state index contributed by atoms with van der Waals surface area (Å²) in [6.45, 7) is 4.38. The van der Waals surface area contributed by atoms with Crippen molar-refractivity contribution >= 4 is 11.9 Å². The minimum absolute atomic E-state index is 0.185. The number of aliphatic carboxylic acids is 1. The van der Waals surface area contributed by atoms with Crippen LogP contribution in [0.25, 0.3) is 0 Å². The second-order valence-electron chi connectivity index (χ2n) is 4.52. The molecule has 4 nitrogen and oxygen atoms in total. The van der Waals surface area contributed by atoms with Crippen LogP contribution in [0, 0.1) is 13.8 Å². The van der Waals surface area contributed by atoms with Gasteiger partial charge in [-0.05, 0) is 32.4 Å². The van der Waals surface area contributed by atoms with E-state index in [0.29, 0.717) is 18.5 Å². The lowest BCUT2D eigenvalue weighted by atomic mass is 10.00. The van der Waals surface area contributed by atoms with Crippen LogP contribution in [0.5, 0.6) is 0 Å². The minimum Gasteiger partial charge on any atom is -0.480 e. The number of rotatable bonds is 2. The molecule has 17 heavy (non-hydrogen) atoms. The second-order valence-corrected chi connectivity index (χ2v) is 4.52. The Bertz CT molecular complexity index is 461. The van der Waals surface area contributed by atoms with Crippen molar-refractivity contribution in [1.82, 2.24) is 4.90 Å². The first kappa shape index (κ1) is 11.6. The van der Waals surface area contributed by atoms with Gasteiger partial charge in [0, 0.05) is 12.1 Å². The van der Waals surface area contributed by atoms with Gasteiger partial charge in [-0.25, -0.2) is 4.79 Å². The van der Waals surface area contributed by atoms with Gasteiger partial charge in [-0.3, -0.25) is 4.79 Å². The van der Waals surface area contributed by atoms with Gasteiger partial charge in [0.15, 0.2) is 0 Å². The topological polar surface area (TPSA) is 57.6 Å². The lowest BCUT2D eigenvalue weighted by Gasteiger charge is -2.38. The molecule has 0 radical (unpaired) electrons. The second kappa shape index (κ2) is 4.20. The number of carboxylic acid groups (broad SMARTS) is 1. The number of hydrogen-bond donors (Lipinski definition) is 1. The van der Waals surface area contributed by atoms with Gasteiger partial charge in [-0.2, -0.15) is 0 Å². The van der Waals surface area contributed by atoms with Gasteiger partial charge < -0.3 is 10.0 Å². The summed E-state index contributed by atoms with van der Waals surface area (Å²) in [4.78, 5) is 24.4. The molecule has 0 spiro atoms. The Morgan fingerprint density at radius 3 is 2.24 bits per heavy atom. The highest BCUT2D eigenvalue weighted by Gasteiger charge is 2.37. The molecule has 1 saturated heterocycles. The van der Waals surface area contributed by atoms with Crippen molar-refractivity contribution in [2.45, 2.75) is 26.3 Å². The normalized spacial score (nSPS) is 18.7. The van der Waals surface area contributed by atoms with E-state index in [9.17, 15) is 9.59 Å². The quantitative estimate of drug-likeness (QED) is 0.844. The standard InChI is InChI=1S/C13H15NO3/c1-8-5-9(2)7-10(6-8)12(15)14-4-3-11(14)13(16)17/h5-7,11H,3-4H2,1-2H3,(H,16,17)/t11-/m1/s1. The molecule has 2 rings (SSSR count). The number of likely N-dealkylation sites (tertiary alicyclic amines) is 1. The highest BCUT2D eigenvalue weighted by atomic mass is 16.4. The summed E-state index contributed by atoms with van der Waals surface area (Å²) in [7, 11) is 0. The predicted molar refractivity (Wildman–Crippen MR) is 63.0 cm³/mol. The molecule has 1 fully saturated rings. The molecule has 0 aliphatic carbocycles. The highest BCUT2D eigenvalue weighted by Crippen LogP contribution is 2.21. The summed E-state index contributed by atoms with van der Waals surface area (Å²) in [6, 6.07) is 4.93. The van der Waals surface area contributed by atoms with Crippen LogP contribution in [0.2, 0.25) is 0 Å². The average molecular weight is 233 g/mol. The first-order valence-corrected chi connectivity index (χ1v) is 5.61. The third kappa shape index (κ3) is 2.16. The Morgan fingerprint density at radius 2 is 1.82 bits per heavy atom. The Morgan fingerprint density at radius 1 is 1.24 bits per heavy atom. The number of amides is 1. The van der Waals surface area contributed by atoms with Crippen LogP contribution in [-0.4, -0.2) is 34.5 Å². The van der Waals surface area contributed by atoms with Crippen molar-refractivity contribution in [3.05, 3.63) is 34.9 Å². The SMILES string of the molecule is Cc1cc(C)cc(C(=O)N2CC[C@@H]2C(=O)O)c1. The minimum atomic E-state index is -0.922. The summed E-state index contributed by atoms with van der Waals surface area (Å²) in [5, 5.41) is 8.91. The fraction of sp³-hybridized carbons (Fsp3) is 0.385. The highest BCUT2D eigenvalue weighted by molar-refractivity contribution is 5.97. The van der Waals surface area contributed by atoms with Crippen LogP contribution >= 0.6 is 0 Å². The van der Waals surface area contributed by atoms with Crippen molar-refractivity contribution in [2.24, 2.45) is 0 Å². The van der Waals surface area contributed by atoms with E-state index in [1.807, 2.05) is 19.9 Å². The van der Waals surface area contributed by atoms with Crippen molar-refractivity contribution < 1.29 is 14.7 Å². The summed E-state index contributed by atoms with van der Waals surface area (Å²) in [6.07, 6.45) is 0.547. The molecule has 1 heterocycles. The van der Waals surface area contributed by atoms with E-state index in [2.05, 4.69) is 0 Å². The predicted octanol–water partition coefficient (Wildman–Crippen LogP) is 1.60. The number of carbonyl (C=O) groups excluding carboxylic acids is 1. The molecule has 1 N–H and O–H groups in total. The van der Waals surface area contributed by atoms with Crippen LogP contribution in [0.3, 0.4) is 0 Å². The molecule has 1 aromatic carbocycles. The Labute approximate surface area is 99.9 Å². The number of carbonyl (C=O) groups is 2. The summed E-state index contributed by atoms with van der Waals surface area (Å²) >= 11 is 0. The maximum Gasteiger partial charge on any atom is 0.326 e. The number of aryl methyl sites for hydroxylation is 2. The van der Waals surface area contributed by atoms with Crippen molar-refractivity contribution in [1.29, 1.82) is 0 Å². The zero-order chi connectivity index (χ0) is 12.6. The van der Waals surface area contributed by atoms with E-state index in [0.717, 1.165) is 11.1 Å². The van der Waals surface area contributed by atoms with E-state index < -0.39 is 12.0 Å². The summed E-state index contributed by atoms with van der Waals surface area (Å²) < 4.78 is 0. The van der Waals surface area contributed by atoms with Crippen molar-refractivity contribution in [3.63, 3.8) is 0 Å². The number of nitrogens with zero attached hydrogens (tertiary/aromatic N) is 1. The summed E-state index contributed by atoms with van der Waals surface area (Å²) in [5.74, 6) is -1.11. The fourth-order valence-electron chi connectivity index (χ4n) is 2.15. The van der Waals surface area contributed by atoms with Gasteiger partial charge in [0.25, 0.3) is 5.91 Å². The maximum atomic E-state index is 12.1. The molecule has 90 valence electrons. The van der Waals surface area contributed by atoms with Crippen molar-refractivity contribution in [3.8, 4) is 0 Å². The van der Waals surface area contributed by atoms with Crippen LogP contribution < -0.4 is 0 Å². The molecule has 0 bridgehead atoms. The van der Waals surface area contributed by atoms with E-state index in [4.69, 9.17) is 5.11 Å². The molecule has 1 aromatic rings. The van der Waals surface area contributed by atoms with Crippen molar-refractivity contribution in [2.75, 3.05) is 6.54 Å². The monoisotopic (exact) mass is 233 g/mol. The lowest BCUT2D eigenvalue weighted by molar-refractivity contribution is -0.146. The van der Waals surface area contributed by atoms with Crippen LogP contribution in [0.1, 0.15) is 27.9 Å². The molecule has 1 atom stereocenters. The zero-order valence-electron chi connectivity index (χ0n) is 9.93. The molecular formula is C13H15NO3. The maximum absolute atomic E-state index is 12.1. The Balaban J connectivity index is 2.23. The molecule has 0 aromatic heterocycles. The molecule has 0 saturated carbocycles. The first-order chi connectivity index (χ1) is 7.99. The van der Waals surface area contributed by atoms with Crippen LogP contribution in [0.15, 0.2) is 18.2 Å². The number of carboxylic acids is 1. The average Bonchev–Trinajstić information content (AvgIpc) is 2.12. The van der Waals surface area contributed by atoms with Gasteiger partial charge >= 0.3 is 5.97 Å². The number of hydrogen-bond acceptors (Lipinski definition) is 2. The first-order valence-electron chi connectivity index (χ1n) is 5.61. The Kier molecular flexibility index (Phi) is 2.88. The molecular weight excluding hydrogens is 218 g/mol. The van der Waals surface area contributed by atoms with Gasteiger partial charge in [0.2, 0.25) is 0 Å². The molecule has 1 aliphatic rings. The number of benzene rings is 1. The molecule has 1 amide bonds. The fourth-order valence-corrected chi connectivity index (χ4v) is 2.15. The van der Waals surface area contributed by atoms with E-state index in [1.165, 1.54) is 4.90 Å². The van der Waals surface area contributed by atoms with E-state index in [1.54, 1.807) is 12.1 Å². The van der Waals surface area contributed by atoms with Crippen LogP contribution in [0.4, 0.5) is 0 Å². The third-order valence-electron chi connectivity index (χ3n) is 3.03. The lowest BCUT2D eigenvalue weighted by Crippen LogP contribution is -2.55. The van der Waals surface area contributed by atoms with Gasteiger partial charge in [-0.1, -0.05) is 17.2 Å². The zero-order valence-corrected chi connectivity index (χ0v) is 9.93.